The lowest BCUT2D eigenvalue weighted by Gasteiger charge is -2.18. The van der Waals surface area contributed by atoms with Crippen LogP contribution in [0.4, 0.5) is 0 Å². The molecule has 2 atom stereocenters. The zero-order valence-corrected chi connectivity index (χ0v) is 10.8. The number of aliphatic carboxylic acids is 1. The van der Waals surface area contributed by atoms with Crippen LogP contribution in [0.2, 0.25) is 0 Å². The topological polar surface area (TPSA) is 75.6 Å². The molecular weight excluding hydrogens is 254 g/mol. The normalized spacial score (nSPS) is 13.7. The molecule has 2 N–H and O–H groups in total. The summed E-state index contributed by atoms with van der Waals surface area (Å²) in [5.41, 5.74) is 0.667. The Bertz CT molecular complexity index is 410. The lowest BCUT2D eigenvalue weighted by atomic mass is 10.1. The molecule has 1 aromatic rings. The highest BCUT2D eigenvalue weighted by Crippen LogP contribution is 2.16. The summed E-state index contributed by atoms with van der Waals surface area (Å²) < 4.78 is 5.09. The lowest BCUT2D eigenvalue weighted by Crippen LogP contribution is -2.44. The molecule has 6 heteroatoms. The molecule has 0 fully saturated rings. The number of benzene rings is 1. The van der Waals surface area contributed by atoms with Crippen LogP contribution < -0.4 is 5.32 Å². The lowest BCUT2D eigenvalue weighted by molar-refractivity contribution is -0.143. The first-order valence-electron chi connectivity index (χ1n) is 5.32. The van der Waals surface area contributed by atoms with Crippen molar-refractivity contribution in [3.8, 4) is 0 Å². The number of hydrogen-bond acceptors (Lipinski definition) is 4. The number of carbonyl (C=O) groups excluding carboxylic acids is 1. The van der Waals surface area contributed by atoms with Gasteiger partial charge < -0.3 is 15.2 Å². The highest BCUT2D eigenvalue weighted by molar-refractivity contribution is 7.80. The van der Waals surface area contributed by atoms with Gasteiger partial charge in [0.1, 0.15) is 6.04 Å². The van der Waals surface area contributed by atoms with Gasteiger partial charge in [-0.15, -0.1) is 0 Å². The van der Waals surface area contributed by atoms with E-state index in [9.17, 15) is 9.59 Å². The zero-order valence-electron chi connectivity index (χ0n) is 9.87. The Kier molecular flexibility index (Phi) is 5.67. The first-order chi connectivity index (χ1) is 8.60. The van der Waals surface area contributed by atoms with Gasteiger partial charge in [-0.05, 0) is 5.56 Å². The van der Waals surface area contributed by atoms with Crippen molar-refractivity contribution in [1.82, 2.24) is 5.32 Å². The Balaban J connectivity index is 2.78. The van der Waals surface area contributed by atoms with Gasteiger partial charge in [-0.25, -0.2) is 4.79 Å². The molecule has 0 aliphatic heterocycles. The monoisotopic (exact) mass is 269 g/mol. The van der Waals surface area contributed by atoms with E-state index >= 15 is 0 Å². The van der Waals surface area contributed by atoms with Crippen LogP contribution in [0, 0.1) is 0 Å². The van der Waals surface area contributed by atoms with Gasteiger partial charge in [0.15, 0.2) is 6.10 Å². The summed E-state index contributed by atoms with van der Waals surface area (Å²) in [6, 6.07) is 7.84. The Morgan fingerprint density at radius 1 is 1.39 bits per heavy atom. The van der Waals surface area contributed by atoms with E-state index in [2.05, 4.69) is 17.9 Å². The van der Waals surface area contributed by atoms with Crippen molar-refractivity contribution in [2.24, 2.45) is 0 Å². The number of thiol groups is 1. The van der Waals surface area contributed by atoms with Crippen molar-refractivity contribution in [2.45, 2.75) is 12.1 Å². The molecule has 0 radical (unpaired) electrons. The van der Waals surface area contributed by atoms with Gasteiger partial charge in [-0.2, -0.15) is 12.6 Å². The second-order valence-electron chi connectivity index (χ2n) is 3.61. The molecular formula is C12H15NO4S. The van der Waals surface area contributed by atoms with E-state index < -0.39 is 24.0 Å². The average molecular weight is 269 g/mol. The largest absolute Gasteiger partial charge is 0.480 e. The number of ether oxygens (including phenoxy) is 1. The first kappa shape index (κ1) is 14.5. The Morgan fingerprint density at radius 2 is 2.00 bits per heavy atom. The summed E-state index contributed by atoms with van der Waals surface area (Å²) in [4.78, 5) is 22.7. The van der Waals surface area contributed by atoms with Gasteiger partial charge in [0, 0.05) is 12.9 Å². The van der Waals surface area contributed by atoms with Gasteiger partial charge in [0.05, 0.1) is 0 Å². The van der Waals surface area contributed by atoms with E-state index in [0.717, 1.165) is 0 Å². The molecule has 0 aliphatic carbocycles. The van der Waals surface area contributed by atoms with E-state index in [0.29, 0.717) is 5.56 Å². The maximum absolute atomic E-state index is 11.9. The minimum atomic E-state index is -1.12. The number of amides is 1. The number of rotatable bonds is 6. The SMILES string of the molecule is COC(C(=O)N[C@@H](CS)C(=O)O)c1ccccc1. The number of carboxylic acids is 1. The summed E-state index contributed by atoms with van der Waals surface area (Å²) in [6.07, 6.45) is -0.826. The van der Waals surface area contributed by atoms with Crippen LogP contribution >= 0.6 is 12.6 Å². The second-order valence-corrected chi connectivity index (χ2v) is 3.97. The van der Waals surface area contributed by atoms with Crippen molar-refractivity contribution in [1.29, 1.82) is 0 Å². The van der Waals surface area contributed by atoms with Crippen molar-refractivity contribution < 1.29 is 19.4 Å². The van der Waals surface area contributed by atoms with Crippen LogP contribution in [0.15, 0.2) is 30.3 Å². The maximum atomic E-state index is 11.9. The molecule has 0 aromatic heterocycles. The molecule has 0 aliphatic rings. The molecule has 5 nitrogen and oxygen atoms in total. The minimum Gasteiger partial charge on any atom is -0.480 e. The summed E-state index contributed by atoms with van der Waals surface area (Å²) in [6.45, 7) is 0. The molecule has 1 unspecified atom stereocenters. The summed E-state index contributed by atoms with van der Waals surface area (Å²) in [5, 5.41) is 11.2. The van der Waals surface area contributed by atoms with Gasteiger partial charge >= 0.3 is 5.97 Å². The minimum absolute atomic E-state index is 0.0201. The first-order valence-corrected chi connectivity index (χ1v) is 5.95. The molecule has 98 valence electrons. The average Bonchev–Trinajstić information content (AvgIpc) is 2.37. The van der Waals surface area contributed by atoms with Crippen LogP contribution in [0.5, 0.6) is 0 Å². The Hall–Kier alpha value is -1.53. The predicted octanol–water partition coefficient (Wildman–Crippen LogP) is 0.873. The number of hydrogen-bond donors (Lipinski definition) is 3. The van der Waals surface area contributed by atoms with Crippen LogP contribution in [-0.4, -0.2) is 35.9 Å². The standard InChI is InChI=1S/C12H15NO4S/c1-17-10(8-5-3-2-4-6-8)11(14)13-9(7-18)12(15)16/h2-6,9-10,18H,7H2,1H3,(H,13,14)(H,15,16)/t9-,10?/m0/s1. The summed E-state index contributed by atoms with van der Waals surface area (Å²) in [7, 11) is 1.40. The third-order valence-electron chi connectivity index (χ3n) is 2.37. The number of nitrogens with one attached hydrogen (secondary N) is 1. The fourth-order valence-electron chi connectivity index (χ4n) is 1.46. The molecule has 1 rings (SSSR count). The van der Waals surface area contributed by atoms with Crippen molar-refractivity contribution >= 4 is 24.5 Å². The van der Waals surface area contributed by atoms with Gasteiger partial charge in [-0.1, -0.05) is 30.3 Å². The fraction of sp³-hybridized carbons (Fsp3) is 0.333. The van der Waals surface area contributed by atoms with Crippen molar-refractivity contribution in [2.75, 3.05) is 12.9 Å². The van der Waals surface area contributed by atoms with E-state index in [4.69, 9.17) is 9.84 Å². The van der Waals surface area contributed by atoms with Crippen LogP contribution in [0.1, 0.15) is 11.7 Å². The molecule has 18 heavy (non-hydrogen) atoms. The molecule has 0 heterocycles. The summed E-state index contributed by atoms with van der Waals surface area (Å²) in [5.74, 6) is -1.60. The molecule has 0 spiro atoms. The number of carboxylic acid groups (broad SMARTS) is 1. The van der Waals surface area contributed by atoms with E-state index in [1.54, 1.807) is 24.3 Å². The van der Waals surface area contributed by atoms with Gasteiger partial charge in [-0.3, -0.25) is 4.79 Å². The quantitative estimate of drug-likeness (QED) is 0.670. The Morgan fingerprint density at radius 3 is 2.44 bits per heavy atom. The Labute approximate surface area is 111 Å². The number of methoxy groups -OCH3 is 1. The smallest absolute Gasteiger partial charge is 0.327 e. The third-order valence-corrected chi connectivity index (χ3v) is 2.74. The van der Waals surface area contributed by atoms with Crippen LogP contribution in [0.3, 0.4) is 0 Å². The van der Waals surface area contributed by atoms with Gasteiger partial charge in [0.25, 0.3) is 5.91 Å². The molecule has 0 saturated carbocycles. The van der Waals surface area contributed by atoms with E-state index in [1.807, 2.05) is 6.07 Å². The van der Waals surface area contributed by atoms with Crippen molar-refractivity contribution in [3.05, 3.63) is 35.9 Å². The van der Waals surface area contributed by atoms with Crippen LogP contribution in [-0.2, 0) is 14.3 Å². The molecule has 0 saturated heterocycles. The molecule has 0 bridgehead atoms. The zero-order chi connectivity index (χ0) is 13.5. The van der Waals surface area contributed by atoms with Crippen LogP contribution in [0.25, 0.3) is 0 Å². The molecule has 1 aromatic carbocycles. The van der Waals surface area contributed by atoms with Gasteiger partial charge in [0.2, 0.25) is 0 Å². The number of carbonyl (C=O) groups is 2. The highest BCUT2D eigenvalue weighted by atomic mass is 32.1. The second kappa shape index (κ2) is 7.03. The predicted molar refractivity (Wildman–Crippen MR) is 69.6 cm³/mol. The highest BCUT2D eigenvalue weighted by Gasteiger charge is 2.25. The fourth-order valence-corrected chi connectivity index (χ4v) is 1.70. The molecule has 1 amide bonds. The van der Waals surface area contributed by atoms with E-state index in [1.165, 1.54) is 7.11 Å². The summed E-state index contributed by atoms with van der Waals surface area (Å²) >= 11 is 3.88. The van der Waals surface area contributed by atoms with Crippen molar-refractivity contribution in [3.63, 3.8) is 0 Å². The van der Waals surface area contributed by atoms with E-state index in [-0.39, 0.29) is 5.75 Å². The third kappa shape index (κ3) is 3.75. The maximum Gasteiger partial charge on any atom is 0.327 e.